The fraction of sp³-hybridized carbons (Fsp3) is 0.526. The molecule has 3 heterocycles. The number of amides is 1. The summed E-state index contributed by atoms with van der Waals surface area (Å²) in [6.45, 7) is 4.73. The molecule has 1 N–H and O–H groups in total. The molecule has 0 spiro atoms. The van der Waals surface area contributed by atoms with Gasteiger partial charge in [0.1, 0.15) is 0 Å². The third kappa shape index (κ3) is 2.62. The maximum Gasteiger partial charge on any atom is 0.240 e. The lowest BCUT2D eigenvalue weighted by Crippen LogP contribution is -2.58. The van der Waals surface area contributed by atoms with Crippen molar-refractivity contribution < 1.29 is 4.79 Å². The van der Waals surface area contributed by atoms with Crippen LogP contribution in [0.15, 0.2) is 30.5 Å². The predicted octanol–water partition coefficient (Wildman–Crippen LogP) is 1.90. The van der Waals surface area contributed by atoms with Crippen LogP contribution in [0.4, 0.5) is 0 Å². The Hall–Kier alpha value is -1.85. The number of piperazine rings is 1. The Balaban J connectivity index is 1.52. The van der Waals surface area contributed by atoms with E-state index in [1.165, 1.54) is 16.5 Å². The molecule has 0 radical (unpaired) electrons. The first-order valence-corrected chi connectivity index (χ1v) is 8.80. The number of carbonyl (C=O) groups excluding carboxylic acids is 1. The van der Waals surface area contributed by atoms with Gasteiger partial charge in [0, 0.05) is 43.4 Å². The van der Waals surface area contributed by atoms with Gasteiger partial charge < -0.3 is 14.8 Å². The van der Waals surface area contributed by atoms with Crippen LogP contribution in [0.25, 0.3) is 10.9 Å². The van der Waals surface area contributed by atoms with Gasteiger partial charge in [0.25, 0.3) is 0 Å². The van der Waals surface area contributed by atoms with Crippen LogP contribution in [0.1, 0.15) is 18.9 Å². The number of likely N-dealkylation sites (N-methyl/N-ethyl adjacent to an activating group) is 1. The smallest absolute Gasteiger partial charge is 0.240 e. The normalized spacial score (nSPS) is 28.1. The van der Waals surface area contributed by atoms with Crippen LogP contribution >= 0.6 is 0 Å². The van der Waals surface area contributed by atoms with E-state index in [1.54, 1.807) is 0 Å². The van der Waals surface area contributed by atoms with E-state index >= 15 is 0 Å². The summed E-state index contributed by atoms with van der Waals surface area (Å²) >= 11 is 0. The Morgan fingerprint density at radius 2 is 2.08 bits per heavy atom. The summed E-state index contributed by atoms with van der Waals surface area (Å²) in [6, 6.07) is 9.43. The molecule has 1 amide bonds. The van der Waals surface area contributed by atoms with Crippen LogP contribution < -0.4 is 0 Å². The molecule has 2 fully saturated rings. The highest BCUT2D eigenvalue weighted by Crippen LogP contribution is 2.29. The SMILES string of the molecule is C[C@H]1C(=O)N2C[C@@H](N(C)C)C[C@H]2CN1Cc1ccc2cc[nH]c2c1. The van der Waals surface area contributed by atoms with Gasteiger partial charge in [0.05, 0.1) is 6.04 Å². The van der Waals surface area contributed by atoms with Crippen molar-refractivity contribution in [3.05, 3.63) is 36.0 Å². The van der Waals surface area contributed by atoms with Crippen LogP contribution in [-0.2, 0) is 11.3 Å². The molecule has 1 aromatic carbocycles. The summed E-state index contributed by atoms with van der Waals surface area (Å²) in [5.41, 5.74) is 2.43. The first-order chi connectivity index (χ1) is 11.5. The van der Waals surface area contributed by atoms with Gasteiger partial charge in [-0.3, -0.25) is 9.69 Å². The predicted molar refractivity (Wildman–Crippen MR) is 95.8 cm³/mol. The molecule has 0 saturated carbocycles. The van der Waals surface area contributed by atoms with Gasteiger partial charge in [-0.05, 0) is 50.5 Å². The summed E-state index contributed by atoms with van der Waals surface area (Å²) in [4.78, 5) is 22.8. The second-order valence-electron chi connectivity index (χ2n) is 7.50. The van der Waals surface area contributed by atoms with E-state index in [1.807, 2.05) is 6.20 Å². The van der Waals surface area contributed by atoms with Crippen LogP contribution in [0.3, 0.4) is 0 Å². The number of fused-ring (bicyclic) bond motifs is 2. The summed E-state index contributed by atoms with van der Waals surface area (Å²) in [5.74, 6) is 0.288. The van der Waals surface area contributed by atoms with Crippen molar-refractivity contribution in [1.82, 2.24) is 19.7 Å². The molecule has 24 heavy (non-hydrogen) atoms. The molecule has 2 aromatic rings. The second-order valence-corrected chi connectivity index (χ2v) is 7.50. The van der Waals surface area contributed by atoms with Crippen molar-refractivity contribution in [2.75, 3.05) is 27.2 Å². The number of rotatable bonds is 3. The maximum absolute atomic E-state index is 12.8. The van der Waals surface area contributed by atoms with E-state index < -0.39 is 0 Å². The van der Waals surface area contributed by atoms with Crippen LogP contribution in [-0.4, -0.2) is 70.9 Å². The van der Waals surface area contributed by atoms with E-state index in [0.717, 1.165) is 26.1 Å². The minimum absolute atomic E-state index is 0.0403. The average molecular weight is 326 g/mol. The summed E-state index contributed by atoms with van der Waals surface area (Å²) in [7, 11) is 4.22. The summed E-state index contributed by atoms with van der Waals surface area (Å²) < 4.78 is 0. The lowest BCUT2D eigenvalue weighted by molar-refractivity contribution is -0.143. The van der Waals surface area contributed by atoms with Crippen molar-refractivity contribution in [3.8, 4) is 0 Å². The van der Waals surface area contributed by atoms with E-state index in [2.05, 4.69) is 65.0 Å². The van der Waals surface area contributed by atoms with E-state index in [0.29, 0.717) is 12.1 Å². The summed E-state index contributed by atoms with van der Waals surface area (Å²) in [6.07, 6.45) is 3.05. The first kappa shape index (κ1) is 15.7. The second kappa shape index (κ2) is 5.90. The Bertz CT molecular complexity index is 753. The lowest BCUT2D eigenvalue weighted by atomic mass is 10.0. The number of hydrogen-bond donors (Lipinski definition) is 1. The number of hydrogen-bond acceptors (Lipinski definition) is 3. The average Bonchev–Trinajstić information content (AvgIpc) is 3.18. The molecular formula is C19H26N4O. The topological polar surface area (TPSA) is 42.6 Å². The Morgan fingerprint density at radius 1 is 1.25 bits per heavy atom. The van der Waals surface area contributed by atoms with Gasteiger partial charge in [0.15, 0.2) is 0 Å². The summed E-state index contributed by atoms with van der Waals surface area (Å²) in [5, 5.41) is 1.23. The fourth-order valence-corrected chi connectivity index (χ4v) is 4.16. The number of aromatic amines is 1. The van der Waals surface area contributed by atoms with Crippen molar-refractivity contribution in [2.45, 2.75) is 38.0 Å². The third-order valence-corrected chi connectivity index (χ3v) is 5.76. The highest BCUT2D eigenvalue weighted by Gasteiger charge is 2.43. The molecule has 1 aromatic heterocycles. The molecule has 128 valence electrons. The zero-order chi connectivity index (χ0) is 16.8. The molecule has 2 saturated heterocycles. The highest BCUT2D eigenvalue weighted by molar-refractivity contribution is 5.83. The first-order valence-electron chi connectivity index (χ1n) is 8.80. The molecule has 5 heteroatoms. The van der Waals surface area contributed by atoms with E-state index in [4.69, 9.17) is 0 Å². The standard InChI is InChI=1S/C19H26N4O/c1-13-19(24)23-12-16(21(2)3)9-17(23)11-22(13)10-14-4-5-15-6-7-20-18(15)8-14/h4-8,13,16-17,20H,9-12H2,1-3H3/t13-,16-,17-/m0/s1. The molecule has 5 nitrogen and oxygen atoms in total. The van der Waals surface area contributed by atoms with Gasteiger partial charge in [0.2, 0.25) is 5.91 Å². The van der Waals surface area contributed by atoms with Gasteiger partial charge in [-0.25, -0.2) is 0 Å². The highest BCUT2D eigenvalue weighted by atomic mass is 16.2. The van der Waals surface area contributed by atoms with Crippen molar-refractivity contribution in [3.63, 3.8) is 0 Å². The lowest BCUT2D eigenvalue weighted by Gasteiger charge is -2.41. The zero-order valence-corrected chi connectivity index (χ0v) is 14.7. The molecular weight excluding hydrogens is 300 g/mol. The Kier molecular flexibility index (Phi) is 3.85. The minimum Gasteiger partial charge on any atom is -0.361 e. The number of nitrogens with one attached hydrogen (secondary N) is 1. The van der Waals surface area contributed by atoms with Crippen molar-refractivity contribution in [2.24, 2.45) is 0 Å². The Morgan fingerprint density at radius 3 is 2.88 bits per heavy atom. The van der Waals surface area contributed by atoms with E-state index in [-0.39, 0.29) is 11.9 Å². The van der Waals surface area contributed by atoms with Crippen LogP contribution in [0.5, 0.6) is 0 Å². The number of H-pyrrole nitrogens is 1. The van der Waals surface area contributed by atoms with Crippen molar-refractivity contribution in [1.29, 1.82) is 0 Å². The molecule has 4 rings (SSSR count). The maximum atomic E-state index is 12.8. The van der Waals surface area contributed by atoms with Crippen molar-refractivity contribution >= 4 is 16.8 Å². The van der Waals surface area contributed by atoms with Gasteiger partial charge in [-0.2, -0.15) is 0 Å². The fourth-order valence-electron chi connectivity index (χ4n) is 4.16. The quantitative estimate of drug-likeness (QED) is 0.937. The largest absolute Gasteiger partial charge is 0.361 e. The van der Waals surface area contributed by atoms with E-state index in [9.17, 15) is 4.79 Å². The third-order valence-electron chi connectivity index (χ3n) is 5.76. The molecule has 3 atom stereocenters. The monoisotopic (exact) mass is 326 g/mol. The number of aromatic nitrogens is 1. The van der Waals surface area contributed by atoms with Crippen LogP contribution in [0, 0.1) is 0 Å². The molecule has 2 aliphatic heterocycles. The number of benzene rings is 1. The van der Waals surface area contributed by atoms with Gasteiger partial charge in [-0.1, -0.05) is 12.1 Å². The Labute approximate surface area is 143 Å². The minimum atomic E-state index is -0.0403. The number of carbonyl (C=O) groups is 1. The zero-order valence-electron chi connectivity index (χ0n) is 14.7. The molecule has 2 aliphatic rings. The van der Waals surface area contributed by atoms with Crippen LogP contribution in [0.2, 0.25) is 0 Å². The number of nitrogens with zero attached hydrogens (tertiary/aromatic N) is 3. The van der Waals surface area contributed by atoms with Gasteiger partial charge >= 0.3 is 0 Å². The molecule has 0 unspecified atom stereocenters. The molecule has 0 aliphatic carbocycles. The molecule has 0 bridgehead atoms. The van der Waals surface area contributed by atoms with Gasteiger partial charge in [-0.15, -0.1) is 0 Å².